The Morgan fingerprint density at radius 1 is 0.444 bits per heavy atom. The fraction of sp³-hybridized carbons (Fsp3) is 0.0769. The van der Waals surface area contributed by atoms with Gasteiger partial charge in [-0.3, -0.25) is 0 Å². The van der Waals surface area contributed by atoms with Crippen LogP contribution in [0, 0.1) is 13.8 Å². The van der Waals surface area contributed by atoms with Crippen LogP contribution in [0.5, 0.6) is 0 Å². The zero-order valence-corrected chi connectivity index (χ0v) is 16.5. The highest BCUT2D eigenvalue weighted by molar-refractivity contribution is 7.99. The third-order valence-corrected chi connectivity index (χ3v) is 5.87. The first-order valence-electron chi connectivity index (χ1n) is 9.21. The van der Waals surface area contributed by atoms with Crippen LogP contribution < -0.4 is 0 Å². The molecule has 0 saturated heterocycles. The molecule has 0 amide bonds. The molecule has 0 bridgehead atoms. The second kappa shape index (κ2) is 7.85. The summed E-state index contributed by atoms with van der Waals surface area (Å²) in [5.41, 5.74) is 7.65. The van der Waals surface area contributed by atoms with Crippen LogP contribution in [-0.2, 0) is 0 Å². The van der Waals surface area contributed by atoms with Crippen LogP contribution in [0.15, 0.2) is 107 Å². The van der Waals surface area contributed by atoms with E-state index in [1.807, 2.05) is 11.8 Å². The van der Waals surface area contributed by atoms with Crippen LogP contribution in [0.3, 0.4) is 0 Å². The molecular formula is C26H22S. The minimum atomic E-state index is 1.26. The van der Waals surface area contributed by atoms with Crippen molar-refractivity contribution in [2.24, 2.45) is 0 Å². The normalized spacial score (nSPS) is 10.7. The highest BCUT2D eigenvalue weighted by atomic mass is 32.2. The summed E-state index contributed by atoms with van der Waals surface area (Å²) in [5.74, 6) is 0. The number of benzene rings is 4. The number of aryl methyl sites for hydroxylation is 2. The van der Waals surface area contributed by atoms with Crippen LogP contribution in [-0.4, -0.2) is 0 Å². The van der Waals surface area contributed by atoms with E-state index in [2.05, 4.69) is 111 Å². The fourth-order valence-electron chi connectivity index (χ4n) is 3.17. The van der Waals surface area contributed by atoms with Crippen LogP contribution in [0.4, 0.5) is 0 Å². The van der Waals surface area contributed by atoms with Gasteiger partial charge >= 0.3 is 0 Å². The molecule has 0 aromatic heterocycles. The Labute approximate surface area is 165 Å². The molecule has 0 spiro atoms. The second-order valence-corrected chi connectivity index (χ2v) is 7.91. The first-order chi connectivity index (χ1) is 13.2. The molecular weight excluding hydrogens is 344 g/mol. The van der Waals surface area contributed by atoms with E-state index in [1.165, 1.54) is 43.2 Å². The Morgan fingerprint density at radius 3 is 1.22 bits per heavy atom. The lowest BCUT2D eigenvalue weighted by atomic mass is 10.0. The molecule has 0 atom stereocenters. The van der Waals surface area contributed by atoms with E-state index < -0.39 is 0 Å². The summed E-state index contributed by atoms with van der Waals surface area (Å²) in [5, 5.41) is 0. The zero-order chi connectivity index (χ0) is 18.6. The summed E-state index contributed by atoms with van der Waals surface area (Å²) >= 11 is 1.84. The molecule has 4 aromatic rings. The van der Waals surface area contributed by atoms with Crippen molar-refractivity contribution in [2.45, 2.75) is 23.6 Å². The molecule has 4 rings (SSSR count). The van der Waals surface area contributed by atoms with Crippen molar-refractivity contribution in [1.82, 2.24) is 0 Å². The lowest BCUT2D eigenvalue weighted by Gasteiger charge is -2.13. The van der Waals surface area contributed by atoms with E-state index >= 15 is 0 Å². The Kier molecular flexibility index (Phi) is 5.13. The molecule has 0 aliphatic rings. The Morgan fingerprint density at radius 2 is 0.815 bits per heavy atom. The average molecular weight is 367 g/mol. The van der Waals surface area contributed by atoms with Crippen LogP contribution in [0.25, 0.3) is 22.3 Å². The SMILES string of the molecule is Cc1ccc(-c2ccccc2Sc2ccccc2-c2ccc(C)cc2)cc1. The van der Waals surface area contributed by atoms with Crippen molar-refractivity contribution in [3.05, 3.63) is 108 Å². The molecule has 0 heterocycles. The highest BCUT2D eigenvalue weighted by Crippen LogP contribution is 2.40. The van der Waals surface area contributed by atoms with Gasteiger partial charge in [-0.05, 0) is 48.2 Å². The molecule has 0 unspecified atom stereocenters. The van der Waals surface area contributed by atoms with Crippen LogP contribution in [0.1, 0.15) is 11.1 Å². The minimum absolute atomic E-state index is 1.26. The van der Waals surface area contributed by atoms with Crippen molar-refractivity contribution >= 4 is 11.8 Å². The van der Waals surface area contributed by atoms with Gasteiger partial charge in [0.05, 0.1) is 0 Å². The summed E-state index contributed by atoms with van der Waals surface area (Å²) in [6, 6.07) is 34.9. The molecule has 0 nitrogen and oxygen atoms in total. The third kappa shape index (κ3) is 3.99. The first-order valence-corrected chi connectivity index (χ1v) is 10.0. The number of hydrogen-bond acceptors (Lipinski definition) is 1. The van der Waals surface area contributed by atoms with Crippen LogP contribution >= 0.6 is 11.8 Å². The average Bonchev–Trinajstić information content (AvgIpc) is 2.70. The van der Waals surface area contributed by atoms with Crippen molar-refractivity contribution in [2.75, 3.05) is 0 Å². The number of rotatable bonds is 4. The lowest BCUT2D eigenvalue weighted by Crippen LogP contribution is -1.86. The Balaban J connectivity index is 1.74. The summed E-state index contributed by atoms with van der Waals surface area (Å²) in [6.45, 7) is 4.25. The van der Waals surface area contributed by atoms with E-state index in [-0.39, 0.29) is 0 Å². The maximum atomic E-state index is 2.21. The molecule has 0 saturated carbocycles. The van der Waals surface area contributed by atoms with Gasteiger partial charge in [0.1, 0.15) is 0 Å². The van der Waals surface area contributed by atoms with Gasteiger partial charge in [-0.1, -0.05) is 108 Å². The van der Waals surface area contributed by atoms with Gasteiger partial charge in [0.25, 0.3) is 0 Å². The Bertz CT molecular complexity index is 957. The largest absolute Gasteiger partial charge is 0.0888 e. The smallest absolute Gasteiger partial charge is 0.0201 e. The summed E-state index contributed by atoms with van der Waals surface area (Å²) < 4.78 is 0. The molecule has 0 aliphatic heterocycles. The molecule has 0 fully saturated rings. The van der Waals surface area contributed by atoms with Crippen molar-refractivity contribution in [1.29, 1.82) is 0 Å². The zero-order valence-electron chi connectivity index (χ0n) is 15.6. The van der Waals surface area contributed by atoms with E-state index in [1.54, 1.807) is 0 Å². The van der Waals surface area contributed by atoms with Gasteiger partial charge in [-0.15, -0.1) is 0 Å². The molecule has 0 aliphatic carbocycles. The Hall–Kier alpha value is -2.77. The van der Waals surface area contributed by atoms with Crippen molar-refractivity contribution < 1.29 is 0 Å². The van der Waals surface area contributed by atoms with Crippen LogP contribution in [0.2, 0.25) is 0 Å². The second-order valence-electron chi connectivity index (χ2n) is 6.83. The quantitative estimate of drug-likeness (QED) is 0.355. The van der Waals surface area contributed by atoms with Gasteiger partial charge in [0.15, 0.2) is 0 Å². The predicted octanol–water partition coefficient (Wildman–Crippen LogP) is 7.79. The molecule has 1 heteroatoms. The van der Waals surface area contributed by atoms with Gasteiger partial charge in [0.2, 0.25) is 0 Å². The number of hydrogen-bond donors (Lipinski definition) is 0. The molecule has 0 radical (unpaired) electrons. The first kappa shape index (κ1) is 17.6. The summed E-state index contributed by atoms with van der Waals surface area (Å²) in [6.07, 6.45) is 0. The molecule has 27 heavy (non-hydrogen) atoms. The van der Waals surface area contributed by atoms with Gasteiger partial charge in [-0.25, -0.2) is 0 Å². The molecule has 132 valence electrons. The van der Waals surface area contributed by atoms with E-state index in [9.17, 15) is 0 Å². The van der Waals surface area contributed by atoms with Gasteiger partial charge < -0.3 is 0 Å². The minimum Gasteiger partial charge on any atom is -0.0888 e. The van der Waals surface area contributed by atoms with Crippen molar-refractivity contribution in [3.63, 3.8) is 0 Å². The molecule has 0 N–H and O–H groups in total. The maximum Gasteiger partial charge on any atom is 0.0201 e. The molecule has 4 aromatic carbocycles. The predicted molar refractivity (Wildman–Crippen MR) is 117 cm³/mol. The summed E-state index contributed by atoms with van der Waals surface area (Å²) in [7, 11) is 0. The van der Waals surface area contributed by atoms with Gasteiger partial charge in [-0.2, -0.15) is 0 Å². The standard InChI is InChI=1S/C26H22S/c1-19-11-15-21(16-12-19)23-7-3-5-9-25(23)27-26-10-6-4-8-24(26)22-17-13-20(2)14-18-22/h3-18H,1-2H3. The topological polar surface area (TPSA) is 0 Å². The monoisotopic (exact) mass is 366 g/mol. The summed E-state index contributed by atoms with van der Waals surface area (Å²) in [4.78, 5) is 2.56. The lowest BCUT2D eigenvalue weighted by molar-refractivity contribution is 1.38. The fourth-order valence-corrected chi connectivity index (χ4v) is 4.29. The van der Waals surface area contributed by atoms with Crippen molar-refractivity contribution in [3.8, 4) is 22.3 Å². The van der Waals surface area contributed by atoms with E-state index in [0.717, 1.165) is 0 Å². The maximum absolute atomic E-state index is 2.21. The highest BCUT2D eigenvalue weighted by Gasteiger charge is 2.10. The van der Waals surface area contributed by atoms with E-state index in [4.69, 9.17) is 0 Å². The van der Waals surface area contributed by atoms with E-state index in [0.29, 0.717) is 0 Å². The van der Waals surface area contributed by atoms with Gasteiger partial charge in [0, 0.05) is 9.79 Å². The third-order valence-electron chi connectivity index (χ3n) is 4.72.